The monoisotopic (exact) mass is 142 g/mol. The van der Waals surface area contributed by atoms with Gasteiger partial charge in [-0.3, -0.25) is 0 Å². The molecule has 0 aromatic carbocycles. The summed E-state index contributed by atoms with van der Waals surface area (Å²) in [5, 5.41) is 0. The van der Waals surface area contributed by atoms with Crippen LogP contribution in [0.4, 0.5) is 0 Å². The van der Waals surface area contributed by atoms with Crippen LogP contribution in [-0.4, -0.2) is 12.7 Å². The van der Waals surface area contributed by atoms with Gasteiger partial charge in [-0.15, -0.1) is 0 Å². The molecule has 60 valence electrons. The lowest BCUT2D eigenvalue weighted by Crippen LogP contribution is -2.37. The first kappa shape index (κ1) is 8.06. The molecule has 1 aliphatic rings. The molecular formula is C9H18O. The Bertz CT molecular complexity index is 90.7. The van der Waals surface area contributed by atoms with Crippen LogP contribution in [0, 0.1) is 5.92 Å². The molecule has 1 saturated heterocycles. The van der Waals surface area contributed by atoms with Gasteiger partial charge in [0.1, 0.15) is 0 Å². The average molecular weight is 142 g/mol. The van der Waals surface area contributed by atoms with Crippen molar-refractivity contribution in [3.05, 3.63) is 0 Å². The fourth-order valence-corrected chi connectivity index (χ4v) is 1.39. The first-order valence-electron chi connectivity index (χ1n) is 4.46. The highest BCUT2D eigenvalue weighted by molar-refractivity contribution is 4.74. The minimum atomic E-state index is 0.603. The van der Waals surface area contributed by atoms with E-state index in [2.05, 4.69) is 13.8 Å². The van der Waals surface area contributed by atoms with Gasteiger partial charge in [0, 0.05) is 5.92 Å². The van der Waals surface area contributed by atoms with Crippen LogP contribution in [-0.2, 0) is 4.74 Å². The van der Waals surface area contributed by atoms with E-state index in [1.165, 1.54) is 25.7 Å². The van der Waals surface area contributed by atoms with Gasteiger partial charge in [0.2, 0.25) is 0 Å². The number of rotatable bonds is 4. The molecular weight excluding hydrogens is 124 g/mol. The van der Waals surface area contributed by atoms with Crippen molar-refractivity contribution in [3.63, 3.8) is 0 Å². The molecule has 1 heterocycles. The molecule has 0 radical (unpaired) electrons. The quantitative estimate of drug-likeness (QED) is 0.548. The Morgan fingerprint density at radius 3 is 2.60 bits per heavy atom. The Labute approximate surface area is 63.8 Å². The third-order valence-electron chi connectivity index (χ3n) is 2.30. The fourth-order valence-electron chi connectivity index (χ4n) is 1.39. The van der Waals surface area contributed by atoms with Crippen LogP contribution in [0.15, 0.2) is 0 Å². The lowest BCUT2D eigenvalue weighted by molar-refractivity contribution is -0.110. The maximum Gasteiger partial charge on any atom is 0.0622 e. The summed E-state index contributed by atoms with van der Waals surface area (Å²) >= 11 is 0. The SMILES string of the molecule is CCCCCC1OCC1C. The van der Waals surface area contributed by atoms with Crippen LogP contribution in [0.1, 0.15) is 39.5 Å². The van der Waals surface area contributed by atoms with E-state index < -0.39 is 0 Å². The maximum absolute atomic E-state index is 5.39. The van der Waals surface area contributed by atoms with Crippen LogP contribution in [0.2, 0.25) is 0 Å². The third kappa shape index (κ3) is 1.98. The van der Waals surface area contributed by atoms with Crippen molar-refractivity contribution >= 4 is 0 Å². The van der Waals surface area contributed by atoms with Gasteiger partial charge in [-0.2, -0.15) is 0 Å². The van der Waals surface area contributed by atoms with Crippen molar-refractivity contribution in [2.24, 2.45) is 5.92 Å². The molecule has 0 amide bonds. The summed E-state index contributed by atoms with van der Waals surface area (Å²) in [7, 11) is 0. The van der Waals surface area contributed by atoms with Gasteiger partial charge in [-0.25, -0.2) is 0 Å². The minimum absolute atomic E-state index is 0.603. The molecule has 0 aliphatic carbocycles. The zero-order valence-electron chi connectivity index (χ0n) is 7.10. The normalized spacial score (nSPS) is 31.8. The van der Waals surface area contributed by atoms with Crippen molar-refractivity contribution in [3.8, 4) is 0 Å². The highest BCUT2D eigenvalue weighted by Gasteiger charge is 2.26. The number of hydrogen-bond acceptors (Lipinski definition) is 1. The standard InChI is InChI=1S/C9H18O/c1-3-4-5-6-9-8(2)7-10-9/h8-9H,3-7H2,1-2H3. The summed E-state index contributed by atoms with van der Waals surface area (Å²) < 4.78 is 5.39. The van der Waals surface area contributed by atoms with Crippen molar-refractivity contribution in [2.45, 2.75) is 45.6 Å². The van der Waals surface area contributed by atoms with E-state index in [1.807, 2.05) is 0 Å². The zero-order valence-corrected chi connectivity index (χ0v) is 7.10. The predicted octanol–water partition coefficient (Wildman–Crippen LogP) is 2.60. The highest BCUT2D eigenvalue weighted by Crippen LogP contribution is 2.24. The van der Waals surface area contributed by atoms with Gasteiger partial charge < -0.3 is 4.74 Å². The van der Waals surface area contributed by atoms with E-state index in [4.69, 9.17) is 4.74 Å². The number of hydrogen-bond donors (Lipinski definition) is 0. The lowest BCUT2D eigenvalue weighted by Gasteiger charge is -2.34. The molecule has 1 heteroatoms. The summed E-state index contributed by atoms with van der Waals surface area (Å²) in [6.07, 6.45) is 5.93. The first-order chi connectivity index (χ1) is 4.84. The molecule has 1 rings (SSSR count). The maximum atomic E-state index is 5.39. The summed E-state index contributed by atoms with van der Waals surface area (Å²) in [6.45, 7) is 5.52. The van der Waals surface area contributed by atoms with E-state index in [0.29, 0.717) is 6.10 Å². The molecule has 0 spiro atoms. The summed E-state index contributed by atoms with van der Waals surface area (Å²) in [5.41, 5.74) is 0. The molecule has 0 saturated carbocycles. The average Bonchev–Trinajstić information content (AvgIpc) is 1.95. The lowest BCUT2D eigenvalue weighted by atomic mass is 9.95. The van der Waals surface area contributed by atoms with E-state index >= 15 is 0 Å². The van der Waals surface area contributed by atoms with Crippen molar-refractivity contribution in [2.75, 3.05) is 6.61 Å². The Morgan fingerprint density at radius 1 is 1.40 bits per heavy atom. The Morgan fingerprint density at radius 2 is 2.20 bits per heavy atom. The summed E-state index contributed by atoms with van der Waals surface area (Å²) in [5.74, 6) is 0.830. The first-order valence-corrected chi connectivity index (χ1v) is 4.46. The van der Waals surface area contributed by atoms with Gasteiger partial charge in [-0.1, -0.05) is 33.1 Å². The topological polar surface area (TPSA) is 9.23 Å². The minimum Gasteiger partial charge on any atom is -0.377 e. The van der Waals surface area contributed by atoms with Crippen LogP contribution >= 0.6 is 0 Å². The van der Waals surface area contributed by atoms with E-state index in [9.17, 15) is 0 Å². The van der Waals surface area contributed by atoms with E-state index in [0.717, 1.165) is 12.5 Å². The molecule has 1 fully saturated rings. The van der Waals surface area contributed by atoms with E-state index in [1.54, 1.807) is 0 Å². The number of unbranched alkanes of at least 4 members (excludes halogenated alkanes) is 2. The highest BCUT2D eigenvalue weighted by atomic mass is 16.5. The van der Waals surface area contributed by atoms with Crippen LogP contribution < -0.4 is 0 Å². The van der Waals surface area contributed by atoms with Gasteiger partial charge >= 0.3 is 0 Å². The van der Waals surface area contributed by atoms with Crippen molar-refractivity contribution in [1.82, 2.24) is 0 Å². The van der Waals surface area contributed by atoms with Crippen molar-refractivity contribution < 1.29 is 4.74 Å². The molecule has 2 atom stereocenters. The molecule has 0 aromatic heterocycles. The molecule has 0 N–H and O–H groups in total. The summed E-state index contributed by atoms with van der Waals surface area (Å²) in [4.78, 5) is 0. The van der Waals surface area contributed by atoms with Gasteiger partial charge in [-0.05, 0) is 6.42 Å². The molecule has 1 nitrogen and oxygen atoms in total. The third-order valence-corrected chi connectivity index (χ3v) is 2.30. The second kappa shape index (κ2) is 3.97. The van der Waals surface area contributed by atoms with Crippen LogP contribution in [0.25, 0.3) is 0 Å². The second-order valence-corrected chi connectivity index (χ2v) is 3.34. The Balaban J connectivity index is 1.92. The van der Waals surface area contributed by atoms with Gasteiger partial charge in [0.05, 0.1) is 12.7 Å². The molecule has 10 heavy (non-hydrogen) atoms. The van der Waals surface area contributed by atoms with Crippen LogP contribution in [0.3, 0.4) is 0 Å². The predicted molar refractivity (Wildman–Crippen MR) is 43.0 cm³/mol. The largest absolute Gasteiger partial charge is 0.377 e. The van der Waals surface area contributed by atoms with Crippen molar-refractivity contribution in [1.29, 1.82) is 0 Å². The molecule has 1 aliphatic heterocycles. The Hall–Kier alpha value is -0.0400. The number of ether oxygens (including phenoxy) is 1. The summed E-state index contributed by atoms with van der Waals surface area (Å²) in [6, 6.07) is 0. The molecule has 0 aromatic rings. The Kier molecular flexibility index (Phi) is 3.20. The molecule has 2 unspecified atom stereocenters. The van der Waals surface area contributed by atoms with Gasteiger partial charge in [0.15, 0.2) is 0 Å². The zero-order chi connectivity index (χ0) is 7.40. The second-order valence-electron chi connectivity index (χ2n) is 3.34. The smallest absolute Gasteiger partial charge is 0.0622 e. The van der Waals surface area contributed by atoms with Crippen LogP contribution in [0.5, 0.6) is 0 Å². The van der Waals surface area contributed by atoms with E-state index in [-0.39, 0.29) is 0 Å². The van der Waals surface area contributed by atoms with Gasteiger partial charge in [0.25, 0.3) is 0 Å². The fraction of sp³-hybridized carbons (Fsp3) is 1.00. The molecule has 0 bridgehead atoms.